The van der Waals surface area contributed by atoms with Crippen molar-refractivity contribution < 1.29 is 24.9 Å². The van der Waals surface area contributed by atoms with Crippen LogP contribution in [0.2, 0.25) is 0 Å². The van der Waals surface area contributed by atoms with E-state index < -0.39 is 17.7 Å². The van der Waals surface area contributed by atoms with Crippen LogP contribution in [0.15, 0.2) is 18.2 Å². The fourth-order valence-electron chi connectivity index (χ4n) is 1.84. The lowest BCUT2D eigenvalue weighted by molar-refractivity contribution is 0.0693. The van der Waals surface area contributed by atoms with E-state index in [-0.39, 0.29) is 23.9 Å². The van der Waals surface area contributed by atoms with Gasteiger partial charge in [0.05, 0.1) is 5.69 Å². The van der Waals surface area contributed by atoms with Gasteiger partial charge in [-0.25, -0.2) is 9.59 Å². The van der Waals surface area contributed by atoms with Crippen LogP contribution in [0.25, 0.3) is 0 Å². The number of aromatic hydroxyl groups is 1. The maximum Gasteiger partial charge on any atom is 0.339 e. The monoisotopic (exact) mass is 296 g/mol. The van der Waals surface area contributed by atoms with Crippen LogP contribution in [-0.4, -0.2) is 51.4 Å². The molecular formula is C14H20N2O5. The van der Waals surface area contributed by atoms with Gasteiger partial charge in [0.1, 0.15) is 5.56 Å². The molecule has 7 nitrogen and oxygen atoms in total. The molecule has 2 amide bonds. The van der Waals surface area contributed by atoms with Crippen molar-refractivity contribution >= 4 is 17.7 Å². The van der Waals surface area contributed by atoms with Gasteiger partial charge in [0.2, 0.25) is 0 Å². The van der Waals surface area contributed by atoms with E-state index in [4.69, 9.17) is 10.2 Å². The molecule has 0 aliphatic rings. The number of urea groups is 1. The summed E-state index contributed by atoms with van der Waals surface area (Å²) in [4.78, 5) is 24.6. The standard InChI is InChI=1S/C14H20N2O5/c1-9(2)16(7-4-8-17)14(21)15-11-6-3-5-10(12(11)18)13(19)20/h3,5-6,9,17-18H,4,7-8H2,1-2H3,(H,15,21)(H,19,20). The Bertz CT molecular complexity index is 516. The molecule has 0 saturated carbocycles. The summed E-state index contributed by atoms with van der Waals surface area (Å²) in [5.74, 6) is -1.76. The molecule has 0 radical (unpaired) electrons. The highest BCUT2D eigenvalue weighted by Crippen LogP contribution is 2.27. The fraction of sp³-hybridized carbons (Fsp3) is 0.429. The first-order chi connectivity index (χ1) is 9.88. The maximum atomic E-state index is 12.2. The SMILES string of the molecule is CC(C)N(CCCO)C(=O)Nc1cccc(C(=O)O)c1O. The zero-order valence-corrected chi connectivity index (χ0v) is 12.0. The number of anilines is 1. The molecule has 0 atom stereocenters. The summed E-state index contributed by atoms with van der Waals surface area (Å²) in [7, 11) is 0. The number of carboxylic acids is 1. The highest BCUT2D eigenvalue weighted by molar-refractivity contribution is 5.97. The third-order valence-corrected chi connectivity index (χ3v) is 2.95. The molecule has 0 aliphatic carbocycles. The first-order valence-corrected chi connectivity index (χ1v) is 6.62. The Balaban J connectivity index is 2.91. The first-order valence-electron chi connectivity index (χ1n) is 6.62. The number of aromatic carboxylic acids is 1. The largest absolute Gasteiger partial charge is 0.505 e. The van der Waals surface area contributed by atoms with E-state index in [0.29, 0.717) is 13.0 Å². The van der Waals surface area contributed by atoms with Gasteiger partial charge < -0.3 is 25.5 Å². The van der Waals surface area contributed by atoms with Crippen LogP contribution < -0.4 is 5.32 Å². The van der Waals surface area contributed by atoms with Crippen LogP contribution in [-0.2, 0) is 0 Å². The molecule has 0 spiro atoms. The van der Waals surface area contributed by atoms with Crippen LogP contribution in [0.1, 0.15) is 30.6 Å². The Kier molecular flexibility index (Phi) is 5.98. The molecule has 4 N–H and O–H groups in total. The number of nitrogens with zero attached hydrogens (tertiary/aromatic N) is 1. The highest BCUT2D eigenvalue weighted by atomic mass is 16.4. The fourth-order valence-corrected chi connectivity index (χ4v) is 1.84. The number of hydrogen-bond acceptors (Lipinski definition) is 4. The van der Waals surface area contributed by atoms with Crippen molar-refractivity contribution in [1.82, 2.24) is 4.90 Å². The number of hydrogen-bond donors (Lipinski definition) is 4. The molecule has 1 aromatic rings. The van der Waals surface area contributed by atoms with Crippen molar-refractivity contribution in [2.75, 3.05) is 18.5 Å². The molecule has 21 heavy (non-hydrogen) atoms. The molecule has 0 fully saturated rings. The number of carboxylic acid groups (broad SMARTS) is 1. The quantitative estimate of drug-likeness (QED) is 0.597. The van der Waals surface area contributed by atoms with Gasteiger partial charge >= 0.3 is 12.0 Å². The average Bonchev–Trinajstić information content (AvgIpc) is 2.40. The average molecular weight is 296 g/mol. The minimum Gasteiger partial charge on any atom is -0.505 e. The first kappa shape index (κ1) is 16.8. The van der Waals surface area contributed by atoms with E-state index in [0.717, 1.165) is 0 Å². The molecule has 0 bridgehead atoms. The van der Waals surface area contributed by atoms with Gasteiger partial charge in [0.15, 0.2) is 5.75 Å². The maximum absolute atomic E-state index is 12.2. The van der Waals surface area contributed by atoms with Gasteiger partial charge in [-0.1, -0.05) is 6.07 Å². The summed E-state index contributed by atoms with van der Waals surface area (Å²) in [6.07, 6.45) is 0.437. The van der Waals surface area contributed by atoms with Crippen LogP contribution in [0.5, 0.6) is 5.75 Å². The van der Waals surface area contributed by atoms with Gasteiger partial charge in [0.25, 0.3) is 0 Å². The summed E-state index contributed by atoms with van der Waals surface area (Å²) in [5, 5.41) is 30.1. The van der Waals surface area contributed by atoms with E-state index in [1.807, 2.05) is 13.8 Å². The third kappa shape index (κ3) is 4.35. The Morgan fingerprint density at radius 3 is 2.52 bits per heavy atom. The molecular weight excluding hydrogens is 276 g/mol. The van der Waals surface area contributed by atoms with Crippen molar-refractivity contribution in [1.29, 1.82) is 0 Å². The molecule has 0 aliphatic heterocycles. The van der Waals surface area contributed by atoms with Crippen LogP contribution in [0.4, 0.5) is 10.5 Å². The summed E-state index contributed by atoms with van der Waals surface area (Å²) in [6.45, 7) is 3.98. The summed E-state index contributed by atoms with van der Waals surface area (Å²) in [6, 6.07) is 3.55. The number of carbonyl (C=O) groups is 2. The lowest BCUT2D eigenvalue weighted by Gasteiger charge is -2.27. The number of aliphatic hydroxyl groups is 1. The Labute approximate surface area is 122 Å². The molecule has 1 aromatic carbocycles. The van der Waals surface area contributed by atoms with Crippen molar-refractivity contribution in [2.24, 2.45) is 0 Å². The van der Waals surface area contributed by atoms with Gasteiger partial charge in [-0.2, -0.15) is 0 Å². The number of amides is 2. The molecule has 0 unspecified atom stereocenters. The molecule has 0 saturated heterocycles. The van der Waals surface area contributed by atoms with Gasteiger partial charge in [0, 0.05) is 19.2 Å². The summed E-state index contributed by atoms with van der Waals surface area (Å²) < 4.78 is 0. The summed E-state index contributed by atoms with van der Waals surface area (Å²) in [5.41, 5.74) is -0.242. The number of benzene rings is 1. The molecule has 7 heteroatoms. The van der Waals surface area contributed by atoms with Crippen LogP contribution >= 0.6 is 0 Å². The van der Waals surface area contributed by atoms with Crippen LogP contribution in [0.3, 0.4) is 0 Å². The second kappa shape index (κ2) is 7.49. The molecule has 0 heterocycles. The lowest BCUT2D eigenvalue weighted by atomic mass is 10.1. The van der Waals surface area contributed by atoms with E-state index in [2.05, 4.69) is 5.32 Å². The number of carbonyl (C=O) groups excluding carboxylic acids is 1. The second-order valence-electron chi connectivity index (χ2n) is 4.80. The molecule has 1 rings (SSSR count). The van der Waals surface area contributed by atoms with Gasteiger partial charge in [-0.05, 0) is 32.4 Å². The third-order valence-electron chi connectivity index (χ3n) is 2.95. The Morgan fingerprint density at radius 2 is 2.00 bits per heavy atom. The Morgan fingerprint density at radius 1 is 1.33 bits per heavy atom. The van der Waals surface area contributed by atoms with Gasteiger partial charge in [-0.3, -0.25) is 0 Å². The second-order valence-corrected chi connectivity index (χ2v) is 4.80. The van der Waals surface area contributed by atoms with Crippen molar-refractivity contribution in [3.05, 3.63) is 23.8 Å². The number of nitrogens with one attached hydrogen (secondary N) is 1. The predicted octanol–water partition coefficient (Wildman–Crippen LogP) is 1.72. The number of para-hydroxylation sites is 1. The zero-order chi connectivity index (χ0) is 16.0. The number of phenols is 1. The number of rotatable bonds is 6. The Hall–Kier alpha value is -2.28. The smallest absolute Gasteiger partial charge is 0.339 e. The van der Waals surface area contributed by atoms with E-state index in [1.165, 1.54) is 23.1 Å². The lowest BCUT2D eigenvalue weighted by Crippen LogP contribution is -2.41. The highest BCUT2D eigenvalue weighted by Gasteiger charge is 2.19. The normalized spacial score (nSPS) is 10.5. The topological polar surface area (TPSA) is 110 Å². The van der Waals surface area contributed by atoms with Gasteiger partial charge in [-0.15, -0.1) is 0 Å². The predicted molar refractivity (Wildman–Crippen MR) is 77.6 cm³/mol. The molecule has 116 valence electrons. The minimum atomic E-state index is -1.27. The zero-order valence-electron chi connectivity index (χ0n) is 12.0. The van der Waals surface area contributed by atoms with Crippen molar-refractivity contribution in [3.63, 3.8) is 0 Å². The van der Waals surface area contributed by atoms with E-state index in [9.17, 15) is 14.7 Å². The summed E-state index contributed by atoms with van der Waals surface area (Å²) >= 11 is 0. The van der Waals surface area contributed by atoms with Crippen molar-refractivity contribution in [2.45, 2.75) is 26.3 Å². The van der Waals surface area contributed by atoms with E-state index >= 15 is 0 Å². The van der Waals surface area contributed by atoms with E-state index in [1.54, 1.807) is 0 Å². The molecule has 0 aromatic heterocycles. The van der Waals surface area contributed by atoms with Crippen LogP contribution in [0, 0.1) is 0 Å². The minimum absolute atomic E-state index is 0.0315. The number of aliphatic hydroxyl groups excluding tert-OH is 1. The van der Waals surface area contributed by atoms with Crippen molar-refractivity contribution in [3.8, 4) is 5.75 Å².